The molecule has 8 nitrogen and oxygen atoms in total. The third-order valence-electron chi connectivity index (χ3n) is 6.41. The average molecular weight is 593 g/mol. The lowest BCUT2D eigenvalue weighted by Crippen LogP contribution is -2.40. The molecule has 2 aromatic carbocycles. The molecule has 0 saturated heterocycles. The summed E-state index contributed by atoms with van der Waals surface area (Å²) in [5.41, 5.74) is 1.98. The number of nitrogens with zero attached hydrogens (tertiary/aromatic N) is 2. The van der Waals surface area contributed by atoms with Gasteiger partial charge in [0.25, 0.3) is 5.56 Å². The van der Waals surface area contributed by atoms with Gasteiger partial charge in [-0.3, -0.25) is 9.36 Å². The molecule has 0 N–H and O–H groups in total. The zero-order chi connectivity index (χ0) is 29.3. The van der Waals surface area contributed by atoms with Crippen molar-refractivity contribution in [3.8, 4) is 22.8 Å². The summed E-state index contributed by atoms with van der Waals surface area (Å²) >= 11 is 7.23. The van der Waals surface area contributed by atoms with Gasteiger partial charge in [-0.2, -0.15) is 0 Å². The number of benzene rings is 2. The van der Waals surface area contributed by atoms with Crippen molar-refractivity contribution in [2.24, 2.45) is 4.99 Å². The van der Waals surface area contributed by atoms with Crippen molar-refractivity contribution in [1.29, 1.82) is 0 Å². The van der Waals surface area contributed by atoms with Gasteiger partial charge in [0.2, 0.25) is 0 Å². The largest absolute Gasteiger partial charge is 0.493 e. The van der Waals surface area contributed by atoms with Gasteiger partial charge in [0, 0.05) is 16.7 Å². The number of rotatable bonds is 8. The molecule has 0 saturated carbocycles. The quantitative estimate of drug-likeness (QED) is 0.251. The number of fused-ring (bicyclic) bond motifs is 1. The fourth-order valence-corrected chi connectivity index (χ4v) is 5.79. The first-order valence-electron chi connectivity index (χ1n) is 13.1. The van der Waals surface area contributed by atoms with Crippen LogP contribution in [0.15, 0.2) is 80.1 Å². The fourth-order valence-electron chi connectivity index (χ4n) is 4.64. The Morgan fingerprint density at radius 3 is 2.59 bits per heavy atom. The van der Waals surface area contributed by atoms with Gasteiger partial charge in [0.15, 0.2) is 16.3 Å². The highest BCUT2D eigenvalue weighted by atomic mass is 35.5. The van der Waals surface area contributed by atoms with Gasteiger partial charge in [-0.15, -0.1) is 0 Å². The van der Waals surface area contributed by atoms with Crippen molar-refractivity contribution in [1.82, 2.24) is 4.57 Å². The van der Waals surface area contributed by atoms with Crippen LogP contribution in [0.3, 0.4) is 0 Å². The highest BCUT2D eigenvalue weighted by molar-refractivity contribution is 7.07. The van der Waals surface area contributed by atoms with E-state index < -0.39 is 12.0 Å². The number of allylic oxidation sites excluding steroid dienone is 1. The van der Waals surface area contributed by atoms with E-state index in [1.54, 1.807) is 57.4 Å². The average Bonchev–Trinajstić information content (AvgIpc) is 3.52. The number of halogens is 1. The zero-order valence-corrected chi connectivity index (χ0v) is 24.8. The Morgan fingerprint density at radius 2 is 1.90 bits per heavy atom. The lowest BCUT2D eigenvalue weighted by atomic mass is 9.95. The molecule has 212 valence electrons. The van der Waals surface area contributed by atoms with Crippen molar-refractivity contribution in [3.05, 3.63) is 102 Å². The third-order valence-corrected chi connectivity index (χ3v) is 7.65. The molecule has 0 spiro atoms. The Morgan fingerprint density at radius 1 is 1.15 bits per heavy atom. The minimum atomic E-state index is -0.782. The summed E-state index contributed by atoms with van der Waals surface area (Å²) in [5, 5.41) is 0.633. The predicted molar refractivity (Wildman–Crippen MR) is 158 cm³/mol. The van der Waals surface area contributed by atoms with Crippen LogP contribution in [-0.4, -0.2) is 30.4 Å². The van der Waals surface area contributed by atoms with Gasteiger partial charge in [0.1, 0.15) is 11.5 Å². The van der Waals surface area contributed by atoms with Gasteiger partial charge >= 0.3 is 5.97 Å². The van der Waals surface area contributed by atoms with E-state index in [0.29, 0.717) is 48.6 Å². The minimum absolute atomic E-state index is 0.0635. The standard InChI is InChI=1S/C31H29ClN2O6S/c1-6-38-30(36)27-18(4)33-31-34(28(27)20-9-13-24(39-17(2)3)25(15-20)37-5)29(35)26(41-31)16-22-12-14-23(40-22)19-7-10-21(32)11-8-19/h7-17,28H,6H2,1-5H3/b26-16-/t28-/m1/s1. The number of carbonyl (C=O) groups excluding carboxylic acids is 1. The van der Waals surface area contributed by atoms with Crippen molar-refractivity contribution >= 4 is 35.0 Å². The summed E-state index contributed by atoms with van der Waals surface area (Å²) in [6.45, 7) is 7.52. The maximum atomic E-state index is 13.9. The molecule has 0 amide bonds. The minimum Gasteiger partial charge on any atom is -0.493 e. The molecule has 4 aromatic rings. The van der Waals surface area contributed by atoms with Gasteiger partial charge in [-0.25, -0.2) is 9.79 Å². The molecule has 0 bridgehead atoms. The molecular formula is C31H29ClN2O6S. The van der Waals surface area contributed by atoms with Crippen LogP contribution >= 0.6 is 22.9 Å². The molecule has 0 fully saturated rings. The molecule has 0 radical (unpaired) electrons. The maximum Gasteiger partial charge on any atom is 0.338 e. The lowest BCUT2D eigenvalue weighted by molar-refractivity contribution is -0.139. The van der Waals surface area contributed by atoms with Crippen LogP contribution < -0.4 is 24.4 Å². The fraction of sp³-hybridized carbons (Fsp3) is 0.258. The summed E-state index contributed by atoms with van der Waals surface area (Å²) in [7, 11) is 1.55. The Balaban J connectivity index is 1.64. The summed E-state index contributed by atoms with van der Waals surface area (Å²) in [5.74, 6) is 1.67. The molecule has 3 heterocycles. The number of methoxy groups -OCH3 is 1. The number of ether oxygens (including phenoxy) is 3. The SMILES string of the molecule is CCOC(=O)C1=C(C)N=c2s/c(=C\c3ccc(-c4ccc(Cl)cc4)o3)c(=O)n2[C@@H]1c1ccc(OC(C)C)c(OC)c1. The van der Waals surface area contributed by atoms with Crippen molar-refractivity contribution < 1.29 is 23.4 Å². The first-order valence-corrected chi connectivity index (χ1v) is 14.3. The van der Waals surface area contributed by atoms with Crippen molar-refractivity contribution in [3.63, 3.8) is 0 Å². The summed E-state index contributed by atoms with van der Waals surface area (Å²) in [4.78, 5) is 32.2. The Hall–Kier alpha value is -4.08. The number of hydrogen-bond donors (Lipinski definition) is 0. The normalized spacial score (nSPS) is 15.1. The van der Waals surface area contributed by atoms with Crippen LogP contribution in [0.1, 0.15) is 45.1 Å². The van der Waals surface area contributed by atoms with Gasteiger partial charge in [-0.05, 0) is 81.8 Å². The number of carbonyl (C=O) groups is 1. The van der Waals surface area contributed by atoms with Crippen molar-refractivity contribution in [2.75, 3.05) is 13.7 Å². The predicted octanol–water partition coefficient (Wildman–Crippen LogP) is 5.51. The second kappa shape index (κ2) is 11.8. The van der Waals surface area contributed by atoms with Gasteiger partial charge < -0.3 is 18.6 Å². The molecule has 0 unspecified atom stereocenters. The third kappa shape index (κ3) is 5.73. The van der Waals surface area contributed by atoms with Crippen LogP contribution in [0.4, 0.5) is 0 Å². The van der Waals surface area contributed by atoms with E-state index >= 15 is 0 Å². The van der Waals surface area contributed by atoms with E-state index in [9.17, 15) is 9.59 Å². The molecule has 1 aliphatic rings. The highest BCUT2D eigenvalue weighted by Crippen LogP contribution is 2.36. The van der Waals surface area contributed by atoms with E-state index in [4.69, 9.17) is 30.2 Å². The second-order valence-electron chi connectivity index (χ2n) is 9.59. The zero-order valence-electron chi connectivity index (χ0n) is 23.3. The van der Waals surface area contributed by atoms with E-state index in [-0.39, 0.29) is 23.8 Å². The van der Waals surface area contributed by atoms with Crippen LogP contribution in [0.5, 0.6) is 11.5 Å². The number of aromatic nitrogens is 1. The molecule has 1 aliphatic heterocycles. The maximum absolute atomic E-state index is 13.9. The molecule has 41 heavy (non-hydrogen) atoms. The second-order valence-corrected chi connectivity index (χ2v) is 11.0. The molecule has 10 heteroatoms. The van der Waals surface area contributed by atoms with Crippen LogP contribution in [0, 0.1) is 0 Å². The molecular weight excluding hydrogens is 564 g/mol. The lowest BCUT2D eigenvalue weighted by Gasteiger charge is -2.25. The number of hydrogen-bond acceptors (Lipinski definition) is 8. The molecule has 5 rings (SSSR count). The van der Waals surface area contributed by atoms with E-state index in [1.165, 1.54) is 15.9 Å². The smallest absolute Gasteiger partial charge is 0.338 e. The van der Waals surface area contributed by atoms with Crippen LogP contribution in [0.2, 0.25) is 5.02 Å². The first kappa shape index (κ1) is 28.4. The number of thiazole rings is 1. The Bertz CT molecular complexity index is 1810. The summed E-state index contributed by atoms with van der Waals surface area (Å²) in [6.07, 6.45) is 1.62. The van der Waals surface area contributed by atoms with Crippen LogP contribution in [-0.2, 0) is 9.53 Å². The Kier molecular flexibility index (Phi) is 8.19. The van der Waals surface area contributed by atoms with E-state index in [0.717, 1.165) is 5.56 Å². The number of furan rings is 1. The summed E-state index contributed by atoms with van der Waals surface area (Å²) in [6, 6.07) is 15.5. The van der Waals surface area contributed by atoms with Gasteiger partial charge in [-0.1, -0.05) is 29.0 Å². The monoisotopic (exact) mass is 592 g/mol. The molecule has 1 atom stereocenters. The number of esters is 1. The Labute approximate surface area is 245 Å². The molecule has 2 aromatic heterocycles. The highest BCUT2D eigenvalue weighted by Gasteiger charge is 2.34. The molecule has 0 aliphatic carbocycles. The van der Waals surface area contributed by atoms with Crippen molar-refractivity contribution in [2.45, 2.75) is 39.8 Å². The van der Waals surface area contributed by atoms with Crippen LogP contribution in [0.25, 0.3) is 17.4 Å². The summed E-state index contributed by atoms with van der Waals surface area (Å²) < 4.78 is 24.8. The topological polar surface area (TPSA) is 92.3 Å². The van der Waals surface area contributed by atoms with E-state index in [1.807, 2.05) is 38.1 Å². The first-order chi connectivity index (χ1) is 19.7. The van der Waals surface area contributed by atoms with E-state index in [2.05, 4.69) is 4.99 Å². The van der Waals surface area contributed by atoms with Gasteiger partial charge in [0.05, 0.1) is 41.7 Å².